The van der Waals surface area contributed by atoms with Crippen LogP contribution in [0.4, 0.5) is 13.2 Å². The van der Waals surface area contributed by atoms with Crippen molar-refractivity contribution in [3.63, 3.8) is 0 Å². The van der Waals surface area contributed by atoms with Crippen molar-refractivity contribution >= 4 is 40.1 Å². The number of carboxylic acid groups (broad SMARTS) is 1. The second kappa shape index (κ2) is 7.19. The Morgan fingerprint density at radius 1 is 1.32 bits per heavy atom. The maximum absolute atomic E-state index is 12.3. The lowest BCUT2D eigenvalue weighted by molar-refractivity contribution is -0.192. The van der Waals surface area contributed by atoms with Gasteiger partial charge in [-0.1, -0.05) is 23.2 Å². The Balaban J connectivity index is 0.000000277. The van der Waals surface area contributed by atoms with E-state index in [1.165, 1.54) is 0 Å². The lowest BCUT2D eigenvalue weighted by Crippen LogP contribution is -2.43. The molecule has 0 aliphatic carbocycles. The van der Waals surface area contributed by atoms with Gasteiger partial charge in [0, 0.05) is 26.1 Å². The van der Waals surface area contributed by atoms with Gasteiger partial charge in [0.15, 0.2) is 0 Å². The molecular weight excluding hydrogens is 386 g/mol. The third-order valence-electron chi connectivity index (χ3n) is 3.54. The third-order valence-corrected chi connectivity index (χ3v) is 4.26. The lowest BCUT2D eigenvalue weighted by Gasteiger charge is -2.28. The zero-order valence-corrected chi connectivity index (χ0v) is 14.2. The fourth-order valence-corrected chi connectivity index (χ4v) is 2.44. The van der Waals surface area contributed by atoms with E-state index in [-0.39, 0.29) is 5.56 Å². The second-order valence-corrected chi connectivity index (χ2v) is 6.09. The van der Waals surface area contributed by atoms with Gasteiger partial charge in [-0.05, 0) is 12.1 Å². The highest BCUT2D eigenvalue weighted by Gasteiger charge is 2.38. The Bertz CT molecular complexity index is 879. The van der Waals surface area contributed by atoms with E-state index in [0.29, 0.717) is 26.9 Å². The molecule has 11 heteroatoms. The van der Waals surface area contributed by atoms with Crippen LogP contribution in [0.2, 0.25) is 10.0 Å². The van der Waals surface area contributed by atoms with Gasteiger partial charge in [-0.25, -0.2) is 9.78 Å². The van der Waals surface area contributed by atoms with E-state index in [1.54, 1.807) is 23.7 Å². The van der Waals surface area contributed by atoms with Gasteiger partial charge in [-0.15, -0.1) is 0 Å². The van der Waals surface area contributed by atoms with Crippen LogP contribution < -0.4 is 10.9 Å². The number of rotatable bonds is 1. The van der Waals surface area contributed by atoms with Gasteiger partial charge in [0.25, 0.3) is 5.56 Å². The van der Waals surface area contributed by atoms with Crippen LogP contribution in [-0.2, 0) is 11.8 Å². The van der Waals surface area contributed by atoms with E-state index in [2.05, 4.69) is 10.3 Å². The Kier molecular flexibility index (Phi) is 5.60. The highest BCUT2D eigenvalue weighted by Crippen LogP contribution is 2.26. The van der Waals surface area contributed by atoms with Crippen LogP contribution in [0.1, 0.15) is 11.7 Å². The van der Waals surface area contributed by atoms with E-state index < -0.39 is 12.1 Å². The van der Waals surface area contributed by atoms with Crippen LogP contribution in [0, 0.1) is 0 Å². The van der Waals surface area contributed by atoms with Crippen LogP contribution in [0.5, 0.6) is 0 Å². The molecule has 6 nitrogen and oxygen atoms in total. The van der Waals surface area contributed by atoms with Gasteiger partial charge in [0.05, 0.1) is 20.9 Å². The number of hydrogen-bond donors (Lipinski definition) is 2. The number of carboxylic acids is 1. The monoisotopic (exact) mass is 397 g/mol. The van der Waals surface area contributed by atoms with Crippen molar-refractivity contribution in [3.05, 3.63) is 38.4 Å². The SMILES string of the molecule is Cn1c(C2CNC2)nc2cc(Cl)c(Cl)cc2c1=O.O=C(O)C(F)(F)F. The Morgan fingerprint density at radius 2 is 1.84 bits per heavy atom. The molecule has 0 spiro atoms. The van der Waals surface area contributed by atoms with Gasteiger partial charge < -0.3 is 10.4 Å². The van der Waals surface area contributed by atoms with Crippen LogP contribution >= 0.6 is 23.2 Å². The minimum atomic E-state index is -5.08. The van der Waals surface area contributed by atoms with Crippen molar-refractivity contribution in [2.45, 2.75) is 12.1 Å². The molecule has 3 rings (SSSR count). The average Bonchev–Trinajstić information content (AvgIpc) is 2.45. The number of aliphatic carboxylic acids is 1. The summed E-state index contributed by atoms with van der Waals surface area (Å²) in [5, 5.41) is 11.6. The van der Waals surface area contributed by atoms with Crippen molar-refractivity contribution in [1.82, 2.24) is 14.9 Å². The maximum atomic E-state index is 12.3. The van der Waals surface area contributed by atoms with Crippen molar-refractivity contribution in [2.75, 3.05) is 13.1 Å². The van der Waals surface area contributed by atoms with E-state index in [0.717, 1.165) is 18.9 Å². The number of aromatic nitrogens is 2. The van der Waals surface area contributed by atoms with E-state index in [1.807, 2.05) is 0 Å². The number of nitrogens with zero attached hydrogens (tertiary/aromatic N) is 2. The topological polar surface area (TPSA) is 84.2 Å². The molecule has 1 aromatic carbocycles. The first-order valence-corrected chi connectivity index (χ1v) is 7.64. The van der Waals surface area contributed by atoms with Gasteiger partial charge in [0.1, 0.15) is 5.82 Å². The van der Waals surface area contributed by atoms with Gasteiger partial charge in [-0.3, -0.25) is 9.36 Å². The quantitative estimate of drug-likeness (QED) is 0.772. The molecule has 0 unspecified atom stereocenters. The molecule has 0 atom stereocenters. The van der Waals surface area contributed by atoms with Gasteiger partial charge in [-0.2, -0.15) is 13.2 Å². The molecular formula is C14H12Cl2F3N3O3. The minimum Gasteiger partial charge on any atom is -0.475 e. The Morgan fingerprint density at radius 3 is 2.28 bits per heavy atom. The molecule has 0 amide bonds. The highest BCUT2D eigenvalue weighted by molar-refractivity contribution is 6.42. The fraction of sp³-hybridized carbons (Fsp3) is 0.357. The third kappa shape index (κ3) is 4.23. The summed E-state index contributed by atoms with van der Waals surface area (Å²) in [6, 6.07) is 3.23. The summed E-state index contributed by atoms with van der Waals surface area (Å²) >= 11 is 11.9. The molecule has 1 fully saturated rings. The number of alkyl halides is 3. The van der Waals surface area contributed by atoms with Crippen LogP contribution in [-0.4, -0.2) is 39.9 Å². The number of nitrogens with one attached hydrogen (secondary N) is 1. The first-order chi connectivity index (χ1) is 11.5. The molecule has 1 saturated heterocycles. The lowest BCUT2D eigenvalue weighted by atomic mass is 10.0. The zero-order chi connectivity index (χ0) is 18.9. The first kappa shape index (κ1) is 19.5. The highest BCUT2D eigenvalue weighted by atomic mass is 35.5. The molecule has 0 bridgehead atoms. The number of carbonyl (C=O) groups is 1. The fourth-order valence-electron chi connectivity index (χ4n) is 2.12. The summed E-state index contributed by atoms with van der Waals surface area (Å²) in [7, 11) is 1.74. The number of hydrogen-bond acceptors (Lipinski definition) is 4. The van der Waals surface area contributed by atoms with Crippen molar-refractivity contribution < 1.29 is 23.1 Å². The number of benzene rings is 1. The minimum absolute atomic E-state index is 0.0829. The largest absolute Gasteiger partial charge is 0.490 e. The molecule has 2 N–H and O–H groups in total. The molecule has 1 aliphatic heterocycles. The number of halogens is 5. The van der Waals surface area contributed by atoms with Gasteiger partial charge in [0.2, 0.25) is 0 Å². The van der Waals surface area contributed by atoms with Gasteiger partial charge >= 0.3 is 12.1 Å². The van der Waals surface area contributed by atoms with Crippen LogP contribution in [0.15, 0.2) is 16.9 Å². The molecule has 1 aromatic heterocycles. The summed E-state index contributed by atoms with van der Waals surface area (Å²) in [6.45, 7) is 1.71. The summed E-state index contributed by atoms with van der Waals surface area (Å²) in [5.41, 5.74) is 0.523. The smallest absolute Gasteiger partial charge is 0.475 e. The predicted molar refractivity (Wildman–Crippen MR) is 86.3 cm³/mol. The summed E-state index contributed by atoms with van der Waals surface area (Å²) < 4.78 is 33.3. The average molecular weight is 398 g/mol. The standard InChI is InChI=1S/C12H11Cl2N3O.C2HF3O2/c1-17-11(6-4-15-5-6)16-10-3-9(14)8(13)2-7(10)12(17)18;3-2(4,5)1(6)7/h2-3,6,15H,4-5H2,1H3;(H,6,7). The summed E-state index contributed by atoms with van der Waals surface area (Å²) in [6.07, 6.45) is -5.08. The predicted octanol–water partition coefficient (Wildman–Crippen LogP) is 2.56. The maximum Gasteiger partial charge on any atom is 0.490 e. The molecule has 0 radical (unpaired) electrons. The Labute approximate surface area is 149 Å². The van der Waals surface area contributed by atoms with E-state index >= 15 is 0 Å². The molecule has 136 valence electrons. The van der Waals surface area contributed by atoms with Crippen LogP contribution in [0.3, 0.4) is 0 Å². The number of fused-ring (bicyclic) bond motifs is 1. The summed E-state index contributed by atoms with van der Waals surface area (Å²) in [4.78, 5) is 25.7. The van der Waals surface area contributed by atoms with Crippen LogP contribution in [0.25, 0.3) is 10.9 Å². The molecule has 2 heterocycles. The molecule has 25 heavy (non-hydrogen) atoms. The molecule has 2 aromatic rings. The molecule has 1 aliphatic rings. The normalized spacial score (nSPS) is 14.6. The molecule has 0 saturated carbocycles. The summed E-state index contributed by atoms with van der Waals surface area (Å²) in [5.74, 6) is -1.67. The van der Waals surface area contributed by atoms with E-state index in [4.69, 9.17) is 33.1 Å². The first-order valence-electron chi connectivity index (χ1n) is 6.89. The van der Waals surface area contributed by atoms with Crippen molar-refractivity contribution in [1.29, 1.82) is 0 Å². The zero-order valence-electron chi connectivity index (χ0n) is 12.7. The van der Waals surface area contributed by atoms with Crippen molar-refractivity contribution in [3.8, 4) is 0 Å². The van der Waals surface area contributed by atoms with Crippen molar-refractivity contribution in [2.24, 2.45) is 7.05 Å². The Hall–Kier alpha value is -1.84. The second-order valence-electron chi connectivity index (χ2n) is 5.28. The van der Waals surface area contributed by atoms with E-state index in [9.17, 15) is 18.0 Å².